The third-order valence-electron chi connectivity index (χ3n) is 11.4. The lowest BCUT2D eigenvalue weighted by Crippen LogP contribution is -2.30. The lowest BCUT2D eigenvalue weighted by Gasteiger charge is -2.36. The molecule has 0 spiro atoms. The Morgan fingerprint density at radius 1 is 0.542 bits per heavy atom. The molecule has 0 fully saturated rings. The van der Waals surface area contributed by atoms with Gasteiger partial charge >= 0.3 is 0 Å². The third-order valence-corrected chi connectivity index (χ3v) is 11.4. The van der Waals surface area contributed by atoms with Crippen molar-refractivity contribution in [1.29, 1.82) is 0 Å². The highest BCUT2D eigenvalue weighted by atomic mass is 16.5. The van der Waals surface area contributed by atoms with Crippen LogP contribution in [0.3, 0.4) is 0 Å². The minimum Gasteiger partial charge on any atom is -0.457 e. The van der Waals surface area contributed by atoms with Crippen LogP contribution < -0.4 is 14.5 Å². The van der Waals surface area contributed by atoms with Crippen molar-refractivity contribution in [3.63, 3.8) is 0 Å². The van der Waals surface area contributed by atoms with Crippen molar-refractivity contribution < 1.29 is 4.74 Å². The average Bonchev–Trinajstić information content (AvgIpc) is 3.76. The monoisotopic (exact) mass is 776 g/mol. The molecule has 9 rings (SSSR count). The molecule has 0 atom stereocenters. The van der Waals surface area contributed by atoms with Crippen LogP contribution >= 0.6 is 0 Å². The normalized spacial score (nSPS) is 13.4. The number of fused-ring (bicyclic) bond motifs is 4. The van der Waals surface area contributed by atoms with E-state index >= 15 is 0 Å². The van der Waals surface area contributed by atoms with E-state index in [-0.39, 0.29) is 16.2 Å². The first-order valence-corrected chi connectivity index (χ1v) is 20.5. The van der Waals surface area contributed by atoms with Gasteiger partial charge in [-0.3, -0.25) is 14.5 Å². The zero-order chi connectivity index (χ0) is 41.3. The van der Waals surface area contributed by atoms with Gasteiger partial charge in [0.15, 0.2) is 0 Å². The molecule has 0 unspecified atom stereocenters. The van der Waals surface area contributed by atoms with E-state index in [1.807, 2.05) is 36.9 Å². The molecule has 7 heteroatoms. The van der Waals surface area contributed by atoms with Gasteiger partial charge in [-0.1, -0.05) is 92.6 Å². The lowest BCUT2D eigenvalue weighted by atomic mass is 9.77. The molecule has 0 saturated carbocycles. The quantitative estimate of drug-likeness (QED) is 0.168. The topological polar surface area (TPSA) is 59.3 Å². The van der Waals surface area contributed by atoms with Crippen LogP contribution in [-0.2, 0) is 16.2 Å². The Balaban J connectivity index is 1.10. The number of pyridine rings is 3. The summed E-state index contributed by atoms with van der Waals surface area (Å²) in [5.74, 6) is 2.41. The van der Waals surface area contributed by atoms with Gasteiger partial charge in [-0.05, 0) is 106 Å². The van der Waals surface area contributed by atoms with E-state index in [1.165, 1.54) is 27.8 Å². The molecular weight excluding hydrogens is 725 g/mol. The van der Waals surface area contributed by atoms with Gasteiger partial charge in [0.05, 0.1) is 40.0 Å². The zero-order valence-electron chi connectivity index (χ0n) is 35.6. The predicted octanol–water partition coefficient (Wildman–Crippen LogP) is 13.6. The van der Waals surface area contributed by atoms with Crippen LogP contribution in [-0.4, -0.2) is 26.2 Å². The Morgan fingerprint density at radius 3 is 2.00 bits per heavy atom. The highest BCUT2D eigenvalue weighted by Gasteiger charge is 2.36. The Bertz CT molecular complexity index is 2820. The summed E-state index contributed by atoms with van der Waals surface area (Å²) in [5, 5.41) is 2.34. The van der Waals surface area contributed by atoms with Gasteiger partial charge in [0.25, 0.3) is 0 Å². The fourth-order valence-corrected chi connectivity index (χ4v) is 8.39. The molecule has 59 heavy (non-hydrogen) atoms. The second-order valence-electron chi connectivity index (χ2n) is 18.8. The summed E-state index contributed by atoms with van der Waals surface area (Å²) in [5.41, 5.74) is 12.2. The van der Waals surface area contributed by atoms with Gasteiger partial charge in [-0.2, -0.15) is 0 Å². The Labute approximate surface area is 348 Å². The average molecular weight is 777 g/mol. The Hall–Kier alpha value is -6.47. The van der Waals surface area contributed by atoms with Crippen molar-refractivity contribution in [2.24, 2.45) is 0 Å². The van der Waals surface area contributed by atoms with E-state index in [9.17, 15) is 0 Å². The number of rotatable bonds is 6. The molecule has 1 aliphatic rings. The summed E-state index contributed by atoms with van der Waals surface area (Å²) in [7, 11) is 0. The highest BCUT2D eigenvalue weighted by molar-refractivity contribution is 6.09. The molecule has 0 aliphatic carbocycles. The minimum absolute atomic E-state index is 0.00679. The number of nitrogens with zero attached hydrogens (tertiary/aromatic N) is 6. The van der Waals surface area contributed by atoms with Crippen molar-refractivity contribution in [1.82, 2.24) is 19.5 Å². The molecule has 0 N–H and O–H groups in total. The number of hydrogen-bond acceptors (Lipinski definition) is 6. The van der Waals surface area contributed by atoms with Gasteiger partial charge < -0.3 is 14.5 Å². The van der Waals surface area contributed by atoms with Crippen molar-refractivity contribution in [2.45, 2.75) is 78.6 Å². The minimum atomic E-state index is -0.146. The van der Waals surface area contributed by atoms with E-state index < -0.39 is 0 Å². The summed E-state index contributed by atoms with van der Waals surface area (Å²) >= 11 is 0. The number of para-hydroxylation sites is 1. The van der Waals surface area contributed by atoms with E-state index in [1.54, 1.807) is 0 Å². The first-order valence-electron chi connectivity index (χ1n) is 20.5. The molecule has 1 aliphatic heterocycles. The molecule has 0 radical (unpaired) electrons. The molecule has 4 aromatic heterocycles. The summed E-state index contributed by atoms with van der Waals surface area (Å²) in [6.07, 6.45) is 7.67. The second kappa shape index (κ2) is 14.1. The SMILES string of the molecule is CC(C)(C)c1ccnc(-n2c3ccccc3c3ccc(Oc4cccc(N5CN(c6c(C(C)(C)C)cc(-c7ccccn7)cc6C(C)(C)C)c6ccncc65)c4)cc32)c1. The first-order chi connectivity index (χ1) is 28.1. The fourth-order valence-electron chi connectivity index (χ4n) is 8.39. The van der Waals surface area contributed by atoms with Crippen molar-refractivity contribution in [3.8, 4) is 28.6 Å². The van der Waals surface area contributed by atoms with E-state index in [4.69, 9.17) is 14.7 Å². The van der Waals surface area contributed by atoms with Crippen molar-refractivity contribution >= 4 is 44.6 Å². The van der Waals surface area contributed by atoms with E-state index in [0.29, 0.717) is 6.67 Å². The van der Waals surface area contributed by atoms with Crippen molar-refractivity contribution in [2.75, 3.05) is 16.5 Å². The lowest BCUT2D eigenvalue weighted by molar-refractivity contribution is 0.483. The maximum atomic E-state index is 6.74. The predicted molar refractivity (Wildman–Crippen MR) is 244 cm³/mol. The molecule has 7 nitrogen and oxygen atoms in total. The summed E-state index contributed by atoms with van der Waals surface area (Å²) < 4.78 is 8.99. The number of benzene rings is 4. The number of anilines is 4. The van der Waals surface area contributed by atoms with Crippen molar-refractivity contribution in [3.05, 3.63) is 157 Å². The van der Waals surface area contributed by atoms with Gasteiger partial charge in [-0.15, -0.1) is 0 Å². The van der Waals surface area contributed by atoms with Gasteiger partial charge in [-0.25, -0.2) is 4.98 Å². The number of aromatic nitrogens is 4. The summed E-state index contributed by atoms with van der Waals surface area (Å²) in [6.45, 7) is 21.2. The molecule has 0 saturated heterocycles. The molecule has 0 amide bonds. The Kier molecular flexibility index (Phi) is 9.11. The molecule has 296 valence electrons. The van der Waals surface area contributed by atoms with Crippen LogP contribution in [0.25, 0.3) is 38.9 Å². The third kappa shape index (κ3) is 6.98. The number of hydrogen-bond donors (Lipinski definition) is 0. The number of ether oxygens (including phenoxy) is 1. The smallest absolute Gasteiger partial charge is 0.137 e. The zero-order valence-corrected chi connectivity index (χ0v) is 35.6. The maximum Gasteiger partial charge on any atom is 0.137 e. The molecule has 5 heterocycles. The Morgan fingerprint density at radius 2 is 1.27 bits per heavy atom. The van der Waals surface area contributed by atoms with E-state index in [2.05, 4.69) is 185 Å². The van der Waals surface area contributed by atoms with Crippen LogP contribution in [0.1, 0.15) is 79.0 Å². The standard InChI is InChI=1S/C52H52N6O/c1-50(2,3)35-22-26-55-48(29-35)58-44-19-11-10-17-39(44)40-21-20-38(31-46(40)58)59-37-16-14-15-36(30-37)56-33-57(45-23-25-53-32-47(45)56)49-41(51(4,5)6)27-34(28-42(49)52(7,8)9)43-18-12-13-24-54-43/h10-32H,33H2,1-9H3. The molecule has 4 aromatic carbocycles. The summed E-state index contributed by atoms with van der Waals surface area (Å²) in [6, 6.07) is 40.6. The van der Waals surface area contributed by atoms with Gasteiger partial charge in [0.1, 0.15) is 24.0 Å². The van der Waals surface area contributed by atoms with Crippen LogP contribution in [0.5, 0.6) is 11.5 Å². The van der Waals surface area contributed by atoms with Crippen LogP contribution in [0, 0.1) is 0 Å². The van der Waals surface area contributed by atoms with Gasteiger partial charge in [0.2, 0.25) is 0 Å². The first kappa shape index (κ1) is 38.1. The molecular formula is C52H52N6O. The molecule has 8 aromatic rings. The van der Waals surface area contributed by atoms with Crippen LogP contribution in [0.2, 0.25) is 0 Å². The van der Waals surface area contributed by atoms with E-state index in [0.717, 1.165) is 62.1 Å². The highest BCUT2D eigenvalue weighted by Crippen LogP contribution is 2.51. The maximum absolute atomic E-state index is 6.74. The van der Waals surface area contributed by atoms with Crippen LogP contribution in [0.4, 0.5) is 22.7 Å². The van der Waals surface area contributed by atoms with Crippen LogP contribution in [0.15, 0.2) is 140 Å². The second-order valence-corrected chi connectivity index (χ2v) is 18.8. The fraction of sp³-hybridized carbons (Fsp3) is 0.250. The largest absolute Gasteiger partial charge is 0.457 e. The summed E-state index contributed by atoms with van der Waals surface area (Å²) in [4.78, 5) is 19.1. The molecule has 0 bridgehead atoms. The van der Waals surface area contributed by atoms with Gasteiger partial charge in [0, 0.05) is 52.7 Å².